The number of nitrogens with two attached hydrogens (primary N) is 1. The van der Waals surface area contributed by atoms with Crippen molar-refractivity contribution < 1.29 is 8.42 Å². The molecule has 0 atom stereocenters. The number of nitrogens with one attached hydrogen (secondary N) is 1. The van der Waals surface area contributed by atoms with E-state index in [0.29, 0.717) is 35.2 Å². The number of rotatable bonds is 6. The van der Waals surface area contributed by atoms with Crippen molar-refractivity contribution in [2.75, 3.05) is 12.3 Å². The largest absolute Gasteiger partial charge is 0.398 e. The van der Waals surface area contributed by atoms with Gasteiger partial charge in [0.2, 0.25) is 10.0 Å². The van der Waals surface area contributed by atoms with Gasteiger partial charge in [-0.2, -0.15) is 5.10 Å². The molecule has 1 aromatic heterocycles. The second-order valence-electron chi connectivity index (χ2n) is 4.64. The highest BCUT2D eigenvalue weighted by atomic mass is 79.9. The van der Waals surface area contributed by atoms with E-state index >= 15 is 0 Å². The van der Waals surface area contributed by atoms with Gasteiger partial charge in [0, 0.05) is 35.6 Å². The Morgan fingerprint density at radius 1 is 1.43 bits per heavy atom. The van der Waals surface area contributed by atoms with Crippen LogP contribution in [-0.2, 0) is 16.6 Å². The Balaban J connectivity index is 2.02. The van der Waals surface area contributed by atoms with E-state index in [4.69, 9.17) is 5.73 Å². The number of benzene rings is 1. The molecule has 0 spiro atoms. The van der Waals surface area contributed by atoms with Crippen LogP contribution in [0.15, 0.2) is 40.0 Å². The highest BCUT2D eigenvalue weighted by Gasteiger charge is 2.18. The number of anilines is 1. The van der Waals surface area contributed by atoms with E-state index in [1.165, 1.54) is 0 Å². The molecule has 1 heterocycles. The molecule has 0 aliphatic heterocycles. The number of nitrogen functional groups attached to an aromatic ring is 1. The first-order valence-corrected chi connectivity index (χ1v) is 8.70. The van der Waals surface area contributed by atoms with Crippen LogP contribution in [0.1, 0.15) is 12.0 Å². The number of aromatic nitrogens is 2. The maximum atomic E-state index is 12.3. The fraction of sp³-hybridized carbons (Fsp3) is 0.308. The van der Waals surface area contributed by atoms with Crippen molar-refractivity contribution in [3.05, 3.63) is 40.6 Å². The first kappa shape index (κ1) is 16.0. The molecule has 21 heavy (non-hydrogen) atoms. The smallest absolute Gasteiger partial charge is 0.240 e. The van der Waals surface area contributed by atoms with Gasteiger partial charge in [-0.05, 0) is 37.1 Å². The van der Waals surface area contributed by atoms with Crippen molar-refractivity contribution in [3.8, 4) is 0 Å². The van der Waals surface area contributed by atoms with E-state index in [2.05, 4.69) is 25.8 Å². The lowest BCUT2D eigenvalue weighted by molar-refractivity contribution is 0.552. The Bertz CT molecular complexity index is 714. The number of hydrogen-bond donors (Lipinski definition) is 2. The Labute approximate surface area is 132 Å². The molecule has 0 unspecified atom stereocenters. The molecule has 6 nitrogen and oxygen atoms in total. The summed E-state index contributed by atoms with van der Waals surface area (Å²) in [5.74, 6) is 0. The van der Waals surface area contributed by atoms with Gasteiger partial charge in [0.25, 0.3) is 0 Å². The van der Waals surface area contributed by atoms with Crippen molar-refractivity contribution in [2.24, 2.45) is 0 Å². The van der Waals surface area contributed by atoms with E-state index in [1.54, 1.807) is 29.9 Å². The average Bonchev–Trinajstić information content (AvgIpc) is 2.92. The highest BCUT2D eigenvalue weighted by Crippen LogP contribution is 2.26. The molecule has 2 aromatic rings. The minimum Gasteiger partial charge on any atom is -0.398 e. The molecule has 0 aliphatic carbocycles. The average molecular weight is 373 g/mol. The van der Waals surface area contributed by atoms with E-state index in [0.717, 1.165) is 0 Å². The van der Waals surface area contributed by atoms with Crippen molar-refractivity contribution in [2.45, 2.75) is 24.8 Å². The third-order valence-corrected chi connectivity index (χ3v) is 5.11. The Morgan fingerprint density at radius 3 is 2.86 bits per heavy atom. The van der Waals surface area contributed by atoms with Crippen molar-refractivity contribution >= 4 is 31.6 Å². The van der Waals surface area contributed by atoms with Gasteiger partial charge < -0.3 is 5.73 Å². The van der Waals surface area contributed by atoms with Crippen LogP contribution in [0.3, 0.4) is 0 Å². The number of nitrogens with zero attached hydrogens (tertiary/aromatic N) is 2. The molecule has 0 aliphatic rings. The minimum atomic E-state index is -3.57. The summed E-state index contributed by atoms with van der Waals surface area (Å²) in [4.78, 5) is 0.202. The molecule has 0 saturated heterocycles. The molecule has 114 valence electrons. The molecule has 0 fully saturated rings. The van der Waals surface area contributed by atoms with Gasteiger partial charge in [-0.15, -0.1) is 0 Å². The molecule has 0 bridgehead atoms. The van der Waals surface area contributed by atoms with Crippen molar-refractivity contribution in [1.82, 2.24) is 14.5 Å². The Kier molecular flexibility index (Phi) is 5.02. The highest BCUT2D eigenvalue weighted by molar-refractivity contribution is 9.10. The van der Waals surface area contributed by atoms with Crippen LogP contribution in [0.2, 0.25) is 0 Å². The van der Waals surface area contributed by atoms with Gasteiger partial charge in [0.05, 0.1) is 4.90 Å². The quantitative estimate of drug-likeness (QED) is 0.598. The van der Waals surface area contributed by atoms with E-state index in [-0.39, 0.29) is 4.90 Å². The monoisotopic (exact) mass is 372 g/mol. The summed E-state index contributed by atoms with van der Waals surface area (Å²) in [5.41, 5.74) is 6.80. The zero-order valence-corrected chi connectivity index (χ0v) is 14.0. The summed E-state index contributed by atoms with van der Waals surface area (Å²) in [6.45, 7) is 2.70. The standard InChI is InChI=1S/C13H17BrN4O2S/c1-10-12(15)8-11(14)9-13(10)21(19,20)17-5-3-7-18-6-2-4-16-18/h2,4,6,8-9,17H,3,5,7,15H2,1H3. The van der Waals surface area contributed by atoms with Crippen LogP contribution >= 0.6 is 15.9 Å². The second kappa shape index (κ2) is 6.59. The fourth-order valence-electron chi connectivity index (χ4n) is 1.91. The van der Waals surface area contributed by atoms with Crippen LogP contribution in [0.4, 0.5) is 5.69 Å². The summed E-state index contributed by atoms with van der Waals surface area (Å²) >= 11 is 3.26. The first-order valence-electron chi connectivity index (χ1n) is 6.43. The molecule has 0 amide bonds. The zero-order chi connectivity index (χ0) is 15.5. The Hall–Kier alpha value is -1.38. The molecule has 2 rings (SSSR count). The molecular weight excluding hydrogens is 356 g/mol. The Morgan fingerprint density at radius 2 is 2.19 bits per heavy atom. The third kappa shape index (κ3) is 4.05. The number of halogens is 1. The predicted molar refractivity (Wildman–Crippen MR) is 85.3 cm³/mol. The van der Waals surface area contributed by atoms with Gasteiger partial charge >= 0.3 is 0 Å². The molecular formula is C13H17BrN4O2S. The topological polar surface area (TPSA) is 90.0 Å². The van der Waals surface area contributed by atoms with Gasteiger partial charge in [-0.3, -0.25) is 4.68 Å². The van der Waals surface area contributed by atoms with Crippen molar-refractivity contribution in [3.63, 3.8) is 0 Å². The molecule has 8 heteroatoms. The molecule has 0 radical (unpaired) electrons. The zero-order valence-electron chi connectivity index (χ0n) is 11.6. The van der Waals surface area contributed by atoms with Crippen molar-refractivity contribution in [1.29, 1.82) is 0 Å². The number of hydrogen-bond acceptors (Lipinski definition) is 4. The van der Waals surface area contributed by atoms with E-state index < -0.39 is 10.0 Å². The summed E-state index contributed by atoms with van der Waals surface area (Å²) < 4.78 is 29.6. The summed E-state index contributed by atoms with van der Waals surface area (Å²) in [6.07, 6.45) is 4.19. The lowest BCUT2D eigenvalue weighted by Crippen LogP contribution is -2.26. The predicted octanol–water partition coefficient (Wildman–Crippen LogP) is 1.90. The second-order valence-corrected chi connectivity index (χ2v) is 7.29. The van der Waals surface area contributed by atoms with Gasteiger partial charge in [-0.25, -0.2) is 13.1 Å². The lowest BCUT2D eigenvalue weighted by atomic mass is 10.2. The number of aryl methyl sites for hydroxylation is 1. The van der Waals surface area contributed by atoms with E-state index in [9.17, 15) is 8.42 Å². The van der Waals surface area contributed by atoms with Crippen LogP contribution < -0.4 is 10.5 Å². The molecule has 0 saturated carbocycles. The SMILES string of the molecule is Cc1c(N)cc(Br)cc1S(=O)(=O)NCCCn1cccn1. The summed E-state index contributed by atoms with van der Waals surface area (Å²) in [6, 6.07) is 5.07. The summed E-state index contributed by atoms with van der Waals surface area (Å²) in [7, 11) is -3.57. The van der Waals surface area contributed by atoms with Crippen LogP contribution in [0.5, 0.6) is 0 Å². The van der Waals surface area contributed by atoms with Crippen LogP contribution in [0.25, 0.3) is 0 Å². The third-order valence-electron chi connectivity index (χ3n) is 3.07. The number of sulfonamides is 1. The maximum absolute atomic E-state index is 12.3. The normalized spacial score (nSPS) is 11.7. The molecule has 1 aromatic carbocycles. The van der Waals surface area contributed by atoms with Gasteiger partial charge in [0.1, 0.15) is 0 Å². The van der Waals surface area contributed by atoms with Gasteiger partial charge in [-0.1, -0.05) is 15.9 Å². The minimum absolute atomic E-state index is 0.202. The fourth-order valence-corrected chi connectivity index (χ4v) is 3.91. The first-order chi connectivity index (χ1) is 9.90. The lowest BCUT2D eigenvalue weighted by Gasteiger charge is -2.11. The summed E-state index contributed by atoms with van der Waals surface area (Å²) in [5, 5.41) is 4.06. The van der Waals surface area contributed by atoms with Crippen LogP contribution in [0, 0.1) is 6.92 Å². The maximum Gasteiger partial charge on any atom is 0.240 e. The van der Waals surface area contributed by atoms with E-state index in [1.807, 2.05) is 12.3 Å². The van der Waals surface area contributed by atoms with Gasteiger partial charge in [0.15, 0.2) is 0 Å². The van der Waals surface area contributed by atoms with Crippen LogP contribution in [-0.4, -0.2) is 24.7 Å². The molecule has 3 N–H and O–H groups in total.